The largest absolute Gasteiger partial charge is 0.508 e. The summed E-state index contributed by atoms with van der Waals surface area (Å²) in [5.74, 6) is -3.58. The van der Waals surface area contributed by atoms with E-state index in [2.05, 4.69) is 17.0 Å². The molecule has 3 aliphatic heterocycles. The zero-order valence-corrected chi connectivity index (χ0v) is 30.9. The van der Waals surface area contributed by atoms with Crippen molar-refractivity contribution in [1.29, 1.82) is 0 Å². The predicted octanol–water partition coefficient (Wildman–Crippen LogP) is 6.87. The minimum absolute atomic E-state index is 0.0460. The monoisotopic (exact) mass is 735 g/mol. The SMILES string of the molecule is CC12C(=O)N(c3ccccc3)C(=O)C1CC1C(=CCC3C(=O)N(C4CCN(Cc5ccccc5)CC4)C(=O)C31)C2c1ccc(OCc2ccccc2)cc1O. The van der Waals surface area contributed by atoms with Crippen LogP contribution >= 0.6 is 0 Å². The minimum Gasteiger partial charge on any atom is -0.508 e. The topological polar surface area (TPSA) is 107 Å². The molecule has 55 heavy (non-hydrogen) atoms. The Kier molecular flexibility index (Phi) is 8.92. The molecular weight excluding hydrogens is 691 g/mol. The fourth-order valence-corrected chi connectivity index (χ4v) is 10.3. The van der Waals surface area contributed by atoms with Crippen molar-refractivity contribution in [2.75, 3.05) is 18.0 Å². The molecular formula is C46H45N3O6. The molecule has 1 saturated carbocycles. The molecule has 4 aromatic carbocycles. The van der Waals surface area contributed by atoms with Crippen LogP contribution in [-0.4, -0.2) is 57.7 Å². The van der Waals surface area contributed by atoms with E-state index >= 15 is 0 Å². The molecule has 0 bridgehead atoms. The number of phenols is 1. The van der Waals surface area contributed by atoms with Crippen LogP contribution in [0.5, 0.6) is 11.5 Å². The number of rotatable bonds is 8. The molecule has 5 aliphatic rings. The number of piperidine rings is 1. The van der Waals surface area contributed by atoms with Crippen molar-refractivity contribution < 1.29 is 29.0 Å². The van der Waals surface area contributed by atoms with E-state index in [1.54, 1.807) is 47.4 Å². The first-order valence-corrected chi connectivity index (χ1v) is 19.5. The number of aromatic hydroxyl groups is 1. The fourth-order valence-electron chi connectivity index (χ4n) is 10.3. The van der Waals surface area contributed by atoms with Gasteiger partial charge in [-0.2, -0.15) is 0 Å². The third-order valence-electron chi connectivity index (χ3n) is 13.1. The number of amides is 4. The fraction of sp³-hybridized carbons (Fsp3) is 0.348. The van der Waals surface area contributed by atoms with E-state index < -0.39 is 35.0 Å². The van der Waals surface area contributed by atoms with Crippen LogP contribution in [0.2, 0.25) is 0 Å². The number of hydrogen-bond donors (Lipinski definition) is 1. The summed E-state index contributed by atoms with van der Waals surface area (Å²) in [6.45, 7) is 4.56. The molecule has 4 aromatic rings. The van der Waals surface area contributed by atoms with Crippen molar-refractivity contribution in [2.24, 2.45) is 29.1 Å². The Bertz CT molecular complexity index is 2170. The number of likely N-dealkylation sites (tertiary alicyclic amines) is 2. The van der Waals surface area contributed by atoms with Crippen LogP contribution in [-0.2, 0) is 32.3 Å². The van der Waals surface area contributed by atoms with Gasteiger partial charge in [0.05, 0.1) is 28.9 Å². The number of phenolic OH excluding ortho intramolecular Hbond substituents is 1. The summed E-state index contributed by atoms with van der Waals surface area (Å²) in [5, 5.41) is 11.8. The number of fused-ring (bicyclic) bond motifs is 4. The van der Waals surface area contributed by atoms with Crippen molar-refractivity contribution in [3.8, 4) is 11.5 Å². The highest BCUT2D eigenvalue weighted by molar-refractivity contribution is 6.24. The number of imide groups is 2. The maximum absolute atomic E-state index is 14.8. The van der Waals surface area contributed by atoms with Crippen LogP contribution in [0.25, 0.3) is 0 Å². The molecule has 4 fully saturated rings. The summed E-state index contributed by atoms with van der Waals surface area (Å²) < 4.78 is 6.04. The highest BCUT2D eigenvalue weighted by atomic mass is 16.5. The van der Waals surface area contributed by atoms with Gasteiger partial charge in [-0.3, -0.25) is 29.0 Å². The minimum atomic E-state index is -1.25. The van der Waals surface area contributed by atoms with E-state index in [0.717, 1.165) is 30.8 Å². The first kappa shape index (κ1) is 35.2. The molecule has 0 radical (unpaired) electrons. The molecule has 6 atom stereocenters. The van der Waals surface area contributed by atoms with E-state index in [4.69, 9.17) is 4.74 Å². The zero-order chi connectivity index (χ0) is 37.8. The Hall–Kier alpha value is -5.54. The lowest BCUT2D eigenvalue weighted by Crippen LogP contribution is -2.49. The molecule has 9 nitrogen and oxygen atoms in total. The van der Waals surface area contributed by atoms with Crippen molar-refractivity contribution in [3.63, 3.8) is 0 Å². The van der Waals surface area contributed by atoms with Crippen molar-refractivity contribution in [3.05, 3.63) is 138 Å². The third kappa shape index (κ3) is 5.87. The number of carbonyl (C=O) groups excluding carboxylic acids is 4. The molecule has 0 aromatic heterocycles. The summed E-state index contributed by atoms with van der Waals surface area (Å²) in [5.41, 5.74) is 2.83. The molecule has 3 heterocycles. The van der Waals surface area contributed by atoms with Gasteiger partial charge >= 0.3 is 0 Å². The lowest BCUT2D eigenvalue weighted by Gasteiger charge is -2.49. The predicted molar refractivity (Wildman–Crippen MR) is 207 cm³/mol. The summed E-state index contributed by atoms with van der Waals surface area (Å²) >= 11 is 0. The van der Waals surface area contributed by atoms with Crippen LogP contribution in [0.4, 0.5) is 5.69 Å². The van der Waals surface area contributed by atoms with Gasteiger partial charge < -0.3 is 9.84 Å². The summed E-state index contributed by atoms with van der Waals surface area (Å²) in [6.07, 6.45) is 4.10. The number of nitrogens with zero attached hydrogens (tertiary/aromatic N) is 3. The number of allylic oxidation sites excluding steroid dienone is 2. The lowest BCUT2D eigenvalue weighted by molar-refractivity contribution is -0.144. The number of ether oxygens (including phenoxy) is 1. The Morgan fingerprint density at radius 2 is 1.42 bits per heavy atom. The maximum atomic E-state index is 14.8. The van der Waals surface area contributed by atoms with E-state index in [9.17, 15) is 24.3 Å². The molecule has 4 amide bonds. The van der Waals surface area contributed by atoms with Gasteiger partial charge in [-0.25, -0.2) is 4.90 Å². The Balaban J connectivity index is 1.04. The smallest absolute Gasteiger partial charge is 0.241 e. The first-order valence-electron chi connectivity index (χ1n) is 19.5. The second-order valence-electron chi connectivity index (χ2n) is 16.0. The normalized spacial score (nSPS) is 28.2. The Labute approximate surface area is 321 Å². The highest BCUT2D eigenvalue weighted by Crippen LogP contribution is 2.64. The molecule has 9 heteroatoms. The van der Waals surface area contributed by atoms with E-state index in [-0.39, 0.29) is 41.8 Å². The van der Waals surface area contributed by atoms with Gasteiger partial charge in [0.25, 0.3) is 0 Å². The second-order valence-corrected chi connectivity index (χ2v) is 16.0. The van der Waals surface area contributed by atoms with E-state index in [1.807, 2.05) is 67.6 Å². The Morgan fingerprint density at radius 1 is 0.764 bits per heavy atom. The molecule has 3 saturated heterocycles. The third-order valence-corrected chi connectivity index (χ3v) is 13.1. The summed E-state index contributed by atoms with van der Waals surface area (Å²) in [7, 11) is 0. The Morgan fingerprint density at radius 3 is 2.09 bits per heavy atom. The number of benzene rings is 4. The van der Waals surface area contributed by atoms with Crippen LogP contribution in [0, 0.1) is 29.1 Å². The van der Waals surface area contributed by atoms with Crippen LogP contribution in [0.3, 0.4) is 0 Å². The van der Waals surface area contributed by atoms with Gasteiger partial charge in [-0.1, -0.05) is 96.6 Å². The van der Waals surface area contributed by atoms with Gasteiger partial charge in [0, 0.05) is 43.2 Å². The first-order chi connectivity index (χ1) is 26.7. The summed E-state index contributed by atoms with van der Waals surface area (Å²) in [4.78, 5) is 63.4. The molecule has 1 N–H and O–H groups in total. The molecule has 280 valence electrons. The van der Waals surface area contributed by atoms with Crippen molar-refractivity contribution in [1.82, 2.24) is 9.80 Å². The number of anilines is 1. The van der Waals surface area contributed by atoms with E-state index in [1.165, 1.54) is 10.5 Å². The van der Waals surface area contributed by atoms with E-state index in [0.29, 0.717) is 42.9 Å². The lowest BCUT2D eigenvalue weighted by atomic mass is 9.51. The van der Waals surface area contributed by atoms with Gasteiger partial charge in [0.15, 0.2) is 0 Å². The van der Waals surface area contributed by atoms with Gasteiger partial charge in [-0.05, 0) is 67.9 Å². The maximum Gasteiger partial charge on any atom is 0.241 e. The van der Waals surface area contributed by atoms with Crippen LogP contribution in [0.15, 0.2) is 121 Å². The van der Waals surface area contributed by atoms with Gasteiger partial charge in [0.2, 0.25) is 23.6 Å². The van der Waals surface area contributed by atoms with Gasteiger partial charge in [-0.15, -0.1) is 0 Å². The molecule has 9 rings (SSSR count). The molecule has 0 spiro atoms. The zero-order valence-electron chi connectivity index (χ0n) is 30.9. The second kappa shape index (κ2) is 13.9. The molecule has 2 aliphatic carbocycles. The number of carbonyl (C=O) groups is 4. The quantitative estimate of drug-likeness (QED) is 0.156. The van der Waals surface area contributed by atoms with Crippen molar-refractivity contribution in [2.45, 2.75) is 57.7 Å². The van der Waals surface area contributed by atoms with Crippen LogP contribution in [0.1, 0.15) is 55.2 Å². The number of para-hydroxylation sites is 1. The molecule has 6 unspecified atom stereocenters. The standard InChI is InChI=1S/C46H45N3O6/c1-46-38(43(52)49(45(46)54)31-15-9-4-10-16-31)26-37-34(41(46)35-18-17-33(25-39(35)50)55-28-30-13-7-3-8-14-30)19-20-36-40(37)44(53)48(42(36)51)32-21-23-47(24-22-32)27-29-11-5-2-6-12-29/h2-19,25,32,36-38,40-41,50H,20-24,26-28H2,1H3. The summed E-state index contributed by atoms with van der Waals surface area (Å²) in [6, 6.07) is 34.0. The number of hydrogen-bond acceptors (Lipinski definition) is 7. The van der Waals surface area contributed by atoms with Crippen LogP contribution < -0.4 is 9.64 Å². The van der Waals surface area contributed by atoms with Gasteiger partial charge in [0.1, 0.15) is 18.1 Å². The highest BCUT2D eigenvalue weighted by Gasteiger charge is 2.68. The average molecular weight is 736 g/mol. The van der Waals surface area contributed by atoms with Crippen molar-refractivity contribution >= 4 is 29.3 Å². The average Bonchev–Trinajstić information content (AvgIpc) is 3.58.